The Morgan fingerprint density at radius 3 is 2.18 bits per heavy atom. The molecule has 4 rings (SSSR count). The Kier molecular flexibility index (Phi) is 7.32. The predicted molar refractivity (Wildman–Crippen MR) is 126 cm³/mol. The summed E-state index contributed by atoms with van der Waals surface area (Å²) in [5.74, 6) is -1.91. The Bertz CT molecular complexity index is 1000. The van der Waals surface area contributed by atoms with Crippen LogP contribution >= 0.6 is 0 Å². The van der Waals surface area contributed by atoms with E-state index in [0.717, 1.165) is 11.1 Å². The first-order valence-electron chi connectivity index (χ1n) is 12.0. The molecule has 2 saturated heterocycles. The number of hydrogen-bond donors (Lipinski definition) is 1. The van der Waals surface area contributed by atoms with E-state index in [2.05, 4.69) is 0 Å². The van der Waals surface area contributed by atoms with Crippen molar-refractivity contribution in [2.45, 2.75) is 50.8 Å². The Morgan fingerprint density at radius 2 is 1.59 bits per heavy atom. The highest BCUT2D eigenvalue weighted by atomic mass is 16.5. The molecule has 2 aromatic carbocycles. The second-order valence-corrected chi connectivity index (χ2v) is 9.05. The van der Waals surface area contributed by atoms with E-state index in [1.807, 2.05) is 65.6 Å². The van der Waals surface area contributed by atoms with Gasteiger partial charge in [0.15, 0.2) is 0 Å². The van der Waals surface area contributed by atoms with E-state index in [1.165, 1.54) is 0 Å². The SMILES string of the molecule is CCOC(=O)[C@@H]1[C@@H](O)C(=O)N(Cc2ccccc2)C12CCN(C(=O)CCc1ccccc1)CC2. The van der Waals surface area contributed by atoms with Crippen molar-refractivity contribution in [1.82, 2.24) is 9.80 Å². The largest absolute Gasteiger partial charge is 0.466 e. The molecule has 0 aliphatic carbocycles. The van der Waals surface area contributed by atoms with Crippen LogP contribution in [0.3, 0.4) is 0 Å². The van der Waals surface area contributed by atoms with Crippen molar-refractivity contribution in [2.75, 3.05) is 19.7 Å². The Balaban J connectivity index is 1.52. The van der Waals surface area contributed by atoms with Crippen molar-refractivity contribution in [2.24, 2.45) is 5.92 Å². The number of aryl methyl sites for hydroxylation is 1. The van der Waals surface area contributed by atoms with E-state index in [4.69, 9.17) is 4.74 Å². The number of carbonyl (C=O) groups excluding carboxylic acids is 3. The third-order valence-corrected chi connectivity index (χ3v) is 7.13. The van der Waals surface area contributed by atoms with E-state index in [9.17, 15) is 19.5 Å². The van der Waals surface area contributed by atoms with Crippen LogP contribution in [0, 0.1) is 5.92 Å². The molecule has 2 fully saturated rings. The molecule has 2 aliphatic heterocycles. The van der Waals surface area contributed by atoms with Crippen LogP contribution in [0.1, 0.15) is 37.3 Å². The number of carbonyl (C=O) groups is 3. The topological polar surface area (TPSA) is 87.2 Å². The van der Waals surface area contributed by atoms with Gasteiger partial charge in [-0.05, 0) is 37.3 Å². The Hall–Kier alpha value is -3.19. The zero-order valence-electron chi connectivity index (χ0n) is 19.6. The predicted octanol–water partition coefficient (Wildman–Crippen LogP) is 2.56. The zero-order chi connectivity index (χ0) is 24.1. The molecule has 7 heteroatoms. The lowest BCUT2D eigenvalue weighted by atomic mass is 9.75. The van der Waals surface area contributed by atoms with E-state index < -0.39 is 29.4 Å². The van der Waals surface area contributed by atoms with Crippen molar-refractivity contribution in [3.8, 4) is 0 Å². The van der Waals surface area contributed by atoms with Gasteiger partial charge in [-0.2, -0.15) is 0 Å². The molecule has 0 unspecified atom stereocenters. The van der Waals surface area contributed by atoms with Gasteiger partial charge >= 0.3 is 5.97 Å². The van der Waals surface area contributed by atoms with Crippen LogP contribution in [0.15, 0.2) is 60.7 Å². The van der Waals surface area contributed by atoms with Gasteiger partial charge in [0, 0.05) is 26.1 Å². The number of piperidine rings is 1. The molecule has 1 spiro atoms. The van der Waals surface area contributed by atoms with Gasteiger partial charge in [0.05, 0.1) is 12.1 Å². The molecule has 7 nitrogen and oxygen atoms in total. The van der Waals surface area contributed by atoms with Crippen molar-refractivity contribution in [1.29, 1.82) is 0 Å². The quantitative estimate of drug-likeness (QED) is 0.637. The lowest BCUT2D eigenvalue weighted by Crippen LogP contribution is -2.58. The van der Waals surface area contributed by atoms with Crippen molar-refractivity contribution < 1.29 is 24.2 Å². The fourth-order valence-corrected chi connectivity index (χ4v) is 5.34. The number of amides is 2. The third-order valence-electron chi connectivity index (χ3n) is 7.13. The van der Waals surface area contributed by atoms with Crippen molar-refractivity contribution in [3.05, 3.63) is 71.8 Å². The molecule has 2 aliphatic rings. The van der Waals surface area contributed by atoms with Gasteiger partial charge in [-0.1, -0.05) is 60.7 Å². The average molecular weight is 465 g/mol. The standard InChI is InChI=1S/C27H32N2O5/c1-2-34-26(33)23-24(31)25(32)29(19-21-11-7-4-8-12-21)27(23)15-17-28(18-16-27)22(30)14-13-20-9-5-3-6-10-20/h3-12,23-24,31H,2,13-19H2,1H3/t23-,24+/m0/s1. The number of aliphatic hydroxyl groups is 1. The summed E-state index contributed by atoms with van der Waals surface area (Å²) in [5, 5.41) is 10.8. The van der Waals surface area contributed by atoms with Crippen LogP contribution < -0.4 is 0 Å². The fraction of sp³-hybridized carbons (Fsp3) is 0.444. The molecule has 2 aromatic rings. The van der Waals surface area contributed by atoms with Gasteiger partial charge < -0.3 is 19.6 Å². The normalized spacial score (nSPS) is 21.6. The summed E-state index contributed by atoms with van der Waals surface area (Å²) in [6.07, 6.45) is 0.479. The van der Waals surface area contributed by atoms with Crippen molar-refractivity contribution in [3.63, 3.8) is 0 Å². The van der Waals surface area contributed by atoms with Crippen LogP contribution in [0.5, 0.6) is 0 Å². The zero-order valence-corrected chi connectivity index (χ0v) is 19.6. The van der Waals surface area contributed by atoms with Gasteiger partial charge in [0.1, 0.15) is 12.0 Å². The summed E-state index contributed by atoms with van der Waals surface area (Å²) < 4.78 is 5.27. The minimum atomic E-state index is -1.44. The molecule has 2 heterocycles. The second kappa shape index (κ2) is 10.4. The molecule has 180 valence electrons. The molecule has 34 heavy (non-hydrogen) atoms. The van der Waals surface area contributed by atoms with Crippen LogP contribution in [0.2, 0.25) is 0 Å². The maximum atomic E-state index is 13.2. The first-order valence-corrected chi connectivity index (χ1v) is 12.0. The summed E-state index contributed by atoms with van der Waals surface area (Å²) in [7, 11) is 0. The minimum Gasteiger partial charge on any atom is -0.466 e. The number of esters is 1. The number of hydrogen-bond acceptors (Lipinski definition) is 5. The van der Waals surface area contributed by atoms with E-state index in [-0.39, 0.29) is 12.5 Å². The Labute approximate surface area is 200 Å². The minimum absolute atomic E-state index is 0.0610. The third kappa shape index (κ3) is 4.71. The van der Waals surface area contributed by atoms with Gasteiger partial charge in [-0.25, -0.2) is 0 Å². The molecule has 2 atom stereocenters. The molecule has 2 amide bonds. The monoisotopic (exact) mass is 464 g/mol. The number of likely N-dealkylation sites (tertiary alicyclic amines) is 2. The van der Waals surface area contributed by atoms with Crippen LogP contribution in [-0.2, 0) is 32.1 Å². The Morgan fingerprint density at radius 1 is 1.00 bits per heavy atom. The number of rotatable bonds is 7. The number of aliphatic hydroxyl groups excluding tert-OH is 1. The highest BCUT2D eigenvalue weighted by molar-refractivity contribution is 5.93. The maximum absolute atomic E-state index is 13.2. The number of ether oxygens (including phenoxy) is 1. The number of benzene rings is 2. The van der Waals surface area contributed by atoms with Gasteiger partial charge in [0.25, 0.3) is 5.91 Å². The second-order valence-electron chi connectivity index (χ2n) is 9.05. The van der Waals surface area contributed by atoms with Crippen LogP contribution in [-0.4, -0.2) is 64.0 Å². The van der Waals surface area contributed by atoms with Gasteiger partial charge in [-0.3, -0.25) is 14.4 Å². The van der Waals surface area contributed by atoms with E-state index in [1.54, 1.807) is 11.8 Å². The molecule has 0 bridgehead atoms. The molecular weight excluding hydrogens is 432 g/mol. The molecule has 0 radical (unpaired) electrons. The molecule has 0 saturated carbocycles. The smallest absolute Gasteiger partial charge is 0.314 e. The maximum Gasteiger partial charge on any atom is 0.314 e. The van der Waals surface area contributed by atoms with E-state index in [0.29, 0.717) is 45.3 Å². The highest BCUT2D eigenvalue weighted by Gasteiger charge is 2.62. The number of nitrogens with zero attached hydrogens (tertiary/aromatic N) is 2. The lowest BCUT2D eigenvalue weighted by molar-refractivity contribution is -0.156. The van der Waals surface area contributed by atoms with E-state index >= 15 is 0 Å². The lowest BCUT2D eigenvalue weighted by Gasteiger charge is -2.47. The first-order chi connectivity index (χ1) is 16.5. The first kappa shape index (κ1) is 24.0. The average Bonchev–Trinajstić information content (AvgIpc) is 3.05. The van der Waals surface area contributed by atoms with Crippen molar-refractivity contribution >= 4 is 17.8 Å². The van der Waals surface area contributed by atoms with Gasteiger partial charge in [0.2, 0.25) is 5.91 Å². The summed E-state index contributed by atoms with van der Waals surface area (Å²) in [6.45, 7) is 3.04. The van der Waals surface area contributed by atoms with Crippen LogP contribution in [0.25, 0.3) is 0 Å². The molecule has 1 N–H and O–H groups in total. The van der Waals surface area contributed by atoms with Crippen LogP contribution in [0.4, 0.5) is 0 Å². The summed E-state index contributed by atoms with van der Waals surface area (Å²) in [6, 6.07) is 19.4. The molecular formula is C27H32N2O5. The summed E-state index contributed by atoms with van der Waals surface area (Å²) >= 11 is 0. The molecule has 0 aromatic heterocycles. The van der Waals surface area contributed by atoms with Gasteiger partial charge in [-0.15, -0.1) is 0 Å². The fourth-order valence-electron chi connectivity index (χ4n) is 5.34. The highest BCUT2D eigenvalue weighted by Crippen LogP contribution is 2.45. The summed E-state index contributed by atoms with van der Waals surface area (Å²) in [4.78, 5) is 42.4. The summed E-state index contributed by atoms with van der Waals surface area (Å²) in [5.41, 5.74) is 1.16.